The second-order valence-corrected chi connectivity index (χ2v) is 4.70. The van der Waals surface area contributed by atoms with Crippen molar-refractivity contribution in [1.82, 2.24) is 9.55 Å². The summed E-state index contributed by atoms with van der Waals surface area (Å²) in [7, 11) is 0. The van der Waals surface area contributed by atoms with Crippen LogP contribution in [-0.4, -0.2) is 9.55 Å². The Morgan fingerprint density at radius 3 is 2.63 bits per heavy atom. The van der Waals surface area contributed by atoms with E-state index in [0.29, 0.717) is 23.1 Å². The zero-order valence-corrected chi connectivity index (χ0v) is 9.98. The van der Waals surface area contributed by atoms with Gasteiger partial charge in [0.15, 0.2) is 0 Å². The summed E-state index contributed by atoms with van der Waals surface area (Å²) < 4.78 is 39.8. The van der Waals surface area contributed by atoms with Crippen molar-refractivity contribution in [3.63, 3.8) is 0 Å². The summed E-state index contributed by atoms with van der Waals surface area (Å²) >= 11 is 0. The normalized spacial score (nSPS) is 15.7. The van der Waals surface area contributed by atoms with Gasteiger partial charge < -0.3 is 10.3 Å². The Morgan fingerprint density at radius 1 is 1.26 bits per heavy atom. The van der Waals surface area contributed by atoms with Crippen molar-refractivity contribution in [2.45, 2.75) is 25.1 Å². The van der Waals surface area contributed by atoms with Crippen LogP contribution in [0.4, 0.5) is 19.0 Å². The lowest BCUT2D eigenvalue weighted by Crippen LogP contribution is -2.05. The van der Waals surface area contributed by atoms with Gasteiger partial charge in [-0.2, -0.15) is 13.2 Å². The van der Waals surface area contributed by atoms with E-state index in [1.165, 1.54) is 6.07 Å². The summed E-state index contributed by atoms with van der Waals surface area (Å²) in [5, 5.41) is 0. The first kappa shape index (κ1) is 12.1. The molecule has 2 aromatic rings. The number of anilines is 1. The van der Waals surface area contributed by atoms with Crippen LogP contribution in [0.2, 0.25) is 0 Å². The summed E-state index contributed by atoms with van der Waals surface area (Å²) in [5.74, 6) is 0.432. The highest BCUT2D eigenvalue weighted by molar-refractivity contribution is 5.71. The van der Waals surface area contributed by atoms with Crippen LogP contribution >= 0.6 is 0 Å². The zero-order chi connectivity index (χ0) is 13.6. The molecule has 0 spiro atoms. The molecule has 0 amide bonds. The van der Waals surface area contributed by atoms with E-state index < -0.39 is 11.7 Å². The van der Waals surface area contributed by atoms with Gasteiger partial charge in [-0.05, 0) is 25.0 Å². The molecule has 6 heteroatoms. The van der Waals surface area contributed by atoms with Crippen molar-refractivity contribution in [2.75, 3.05) is 5.73 Å². The highest BCUT2D eigenvalue weighted by Crippen LogP contribution is 2.39. The molecule has 0 radical (unpaired) electrons. The van der Waals surface area contributed by atoms with E-state index in [1.54, 1.807) is 12.4 Å². The Kier molecular flexibility index (Phi) is 2.55. The third-order valence-corrected chi connectivity index (χ3v) is 3.24. The molecule has 0 atom stereocenters. The maximum atomic E-state index is 12.7. The van der Waals surface area contributed by atoms with Gasteiger partial charge in [-0.15, -0.1) is 0 Å². The molecule has 2 N–H and O–H groups in total. The predicted molar refractivity (Wildman–Crippen MR) is 65.3 cm³/mol. The van der Waals surface area contributed by atoms with Crippen LogP contribution in [0, 0.1) is 0 Å². The molecular formula is C13H12F3N3. The number of aromatic nitrogens is 2. The Hall–Kier alpha value is -1.98. The van der Waals surface area contributed by atoms with Gasteiger partial charge in [-0.25, -0.2) is 4.98 Å². The van der Waals surface area contributed by atoms with Gasteiger partial charge in [0, 0.05) is 11.6 Å². The molecule has 1 aliphatic carbocycles. The van der Waals surface area contributed by atoms with Crippen molar-refractivity contribution in [3.8, 4) is 11.3 Å². The molecule has 1 aromatic heterocycles. The lowest BCUT2D eigenvalue weighted by molar-refractivity contribution is -0.137. The van der Waals surface area contributed by atoms with Gasteiger partial charge in [0.05, 0.1) is 11.9 Å². The van der Waals surface area contributed by atoms with E-state index >= 15 is 0 Å². The van der Waals surface area contributed by atoms with Gasteiger partial charge in [0.25, 0.3) is 0 Å². The molecule has 1 aromatic carbocycles. The molecule has 1 aliphatic rings. The number of alkyl halides is 3. The average Bonchev–Trinajstić information content (AvgIpc) is 3.12. The average molecular weight is 267 g/mol. The second kappa shape index (κ2) is 4.01. The third-order valence-electron chi connectivity index (χ3n) is 3.24. The van der Waals surface area contributed by atoms with Gasteiger partial charge >= 0.3 is 6.18 Å². The number of rotatable bonds is 2. The first-order valence-electron chi connectivity index (χ1n) is 5.97. The Labute approximate surface area is 107 Å². The molecule has 0 bridgehead atoms. The van der Waals surface area contributed by atoms with Crippen LogP contribution in [0.3, 0.4) is 0 Å². The van der Waals surface area contributed by atoms with Gasteiger partial charge in [0.2, 0.25) is 0 Å². The standard InChI is InChI=1S/C13H12F3N3/c14-13(15,16)9-3-1-2-8(6-9)11-12(17)19(7-18-11)10-4-5-10/h1-3,6-7,10H,4-5,17H2. The molecule has 100 valence electrons. The maximum Gasteiger partial charge on any atom is 0.416 e. The summed E-state index contributed by atoms with van der Waals surface area (Å²) in [6, 6.07) is 5.43. The number of hydrogen-bond donors (Lipinski definition) is 1. The molecule has 1 fully saturated rings. The number of hydrogen-bond acceptors (Lipinski definition) is 2. The Balaban J connectivity index is 2.02. The van der Waals surface area contributed by atoms with Crippen LogP contribution in [0.25, 0.3) is 11.3 Å². The van der Waals surface area contributed by atoms with Crippen LogP contribution in [0.5, 0.6) is 0 Å². The monoisotopic (exact) mass is 267 g/mol. The first-order valence-corrected chi connectivity index (χ1v) is 5.97. The Bertz CT molecular complexity index is 612. The molecule has 0 aliphatic heterocycles. The van der Waals surface area contributed by atoms with Crippen LogP contribution in [-0.2, 0) is 6.18 Å². The lowest BCUT2D eigenvalue weighted by atomic mass is 10.1. The minimum absolute atomic E-state index is 0.354. The van der Waals surface area contributed by atoms with Gasteiger partial charge in [-0.1, -0.05) is 12.1 Å². The summed E-state index contributed by atoms with van der Waals surface area (Å²) in [6.45, 7) is 0. The minimum Gasteiger partial charge on any atom is -0.383 e. The molecule has 1 saturated carbocycles. The number of benzene rings is 1. The molecular weight excluding hydrogens is 255 g/mol. The van der Waals surface area contributed by atoms with Crippen molar-refractivity contribution >= 4 is 5.82 Å². The third kappa shape index (κ3) is 2.18. The smallest absolute Gasteiger partial charge is 0.383 e. The highest BCUT2D eigenvalue weighted by atomic mass is 19.4. The first-order chi connectivity index (χ1) is 8.97. The number of imidazole rings is 1. The molecule has 3 rings (SSSR count). The highest BCUT2D eigenvalue weighted by Gasteiger charge is 2.31. The SMILES string of the molecule is Nc1c(-c2cccc(C(F)(F)F)c2)ncn1C1CC1. The predicted octanol–water partition coefficient (Wildman–Crippen LogP) is 3.49. The van der Waals surface area contributed by atoms with Crippen LogP contribution in [0.1, 0.15) is 24.4 Å². The van der Waals surface area contributed by atoms with Crippen molar-refractivity contribution < 1.29 is 13.2 Å². The number of nitrogens with zero attached hydrogens (tertiary/aromatic N) is 2. The van der Waals surface area contributed by atoms with E-state index in [9.17, 15) is 13.2 Å². The fourth-order valence-electron chi connectivity index (χ4n) is 2.08. The second-order valence-electron chi connectivity index (χ2n) is 4.70. The Morgan fingerprint density at radius 2 is 2.00 bits per heavy atom. The summed E-state index contributed by atoms with van der Waals surface area (Å²) in [6.07, 6.45) is -0.669. The molecule has 0 unspecified atom stereocenters. The zero-order valence-electron chi connectivity index (χ0n) is 9.98. The number of halogens is 3. The molecule has 0 saturated heterocycles. The van der Waals surface area contributed by atoms with Crippen molar-refractivity contribution in [3.05, 3.63) is 36.2 Å². The van der Waals surface area contributed by atoms with Crippen molar-refractivity contribution in [1.29, 1.82) is 0 Å². The number of nitrogen functional groups attached to an aromatic ring is 1. The largest absolute Gasteiger partial charge is 0.416 e. The molecule has 3 nitrogen and oxygen atoms in total. The van der Waals surface area contributed by atoms with Crippen LogP contribution < -0.4 is 5.73 Å². The van der Waals surface area contributed by atoms with Gasteiger partial charge in [-0.3, -0.25) is 0 Å². The lowest BCUT2D eigenvalue weighted by Gasteiger charge is -2.08. The maximum absolute atomic E-state index is 12.7. The fraction of sp³-hybridized carbons (Fsp3) is 0.308. The van der Waals surface area contributed by atoms with E-state index in [2.05, 4.69) is 4.98 Å². The summed E-state index contributed by atoms with van der Waals surface area (Å²) in [5.41, 5.74) is 6.08. The van der Waals surface area contributed by atoms with E-state index in [1.807, 2.05) is 4.57 Å². The topological polar surface area (TPSA) is 43.8 Å². The van der Waals surface area contributed by atoms with E-state index in [0.717, 1.165) is 25.0 Å². The number of nitrogens with two attached hydrogens (primary N) is 1. The quantitative estimate of drug-likeness (QED) is 0.905. The van der Waals surface area contributed by atoms with Gasteiger partial charge in [0.1, 0.15) is 11.5 Å². The summed E-state index contributed by atoms with van der Waals surface area (Å²) in [4.78, 5) is 4.14. The fourth-order valence-corrected chi connectivity index (χ4v) is 2.08. The molecule has 1 heterocycles. The minimum atomic E-state index is -4.36. The van der Waals surface area contributed by atoms with Crippen LogP contribution in [0.15, 0.2) is 30.6 Å². The molecule has 19 heavy (non-hydrogen) atoms. The van der Waals surface area contributed by atoms with E-state index in [4.69, 9.17) is 5.73 Å². The van der Waals surface area contributed by atoms with E-state index in [-0.39, 0.29) is 0 Å². The van der Waals surface area contributed by atoms with Crippen molar-refractivity contribution in [2.24, 2.45) is 0 Å².